The van der Waals surface area contributed by atoms with Gasteiger partial charge in [-0.2, -0.15) is 0 Å². The number of pyridine rings is 1. The fraction of sp³-hybridized carbons (Fsp3) is 0.174. The second kappa shape index (κ2) is 11.0. The Morgan fingerprint density at radius 1 is 1.03 bits per heavy atom. The summed E-state index contributed by atoms with van der Waals surface area (Å²) in [6.07, 6.45) is 4.05. The normalized spacial score (nSPS) is 10.3. The van der Waals surface area contributed by atoms with Gasteiger partial charge in [0.2, 0.25) is 5.91 Å². The van der Waals surface area contributed by atoms with Crippen molar-refractivity contribution in [1.29, 1.82) is 0 Å². The van der Waals surface area contributed by atoms with E-state index >= 15 is 0 Å². The van der Waals surface area contributed by atoms with Crippen LogP contribution >= 0.6 is 11.6 Å². The zero-order valence-electron chi connectivity index (χ0n) is 16.3. The average Bonchev–Trinajstić information content (AvgIpc) is 2.77. The van der Waals surface area contributed by atoms with Crippen LogP contribution < -0.4 is 15.4 Å². The van der Waals surface area contributed by atoms with Crippen molar-refractivity contribution in [2.24, 2.45) is 0 Å². The molecule has 154 valence electrons. The van der Waals surface area contributed by atoms with Crippen LogP contribution in [0.25, 0.3) is 0 Å². The molecule has 30 heavy (non-hydrogen) atoms. The molecule has 2 aromatic carbocycles. The van der Waals surface area contributed by atoms with Gasteiger partial charge in [0.1, 0.15) is 5.75 Å². The van der Waals surface area contributed by atoms with Gasteiger partial charge >= 0.3 is 0 Å². The largest absolute Gasteiger partial charge is 0.492 e. The summed E-state index contributed by atoms with van der Waals surface area (Å²) in [7, 11) is 0. The second-order valence-electron chi connectivity index (χ2n) is 6.56. The van der Waals surface area contributed by atoms with Gasteiger partial charge in [-0.15, -0.1) is 0 Å². The molecule has 3 rings (SSSR count). The lowest BCUT2D eigenvalue weighted by molar-refractivity contribution is -0.121. The number of aromatic nitrogens is 1. The van der Waals surface area contributed by atoms with E-state index in [-0.39, 0.29) is 11.8 Å². The predicted octanol–water partition coefficient (Wildman–Crippen LogP) is 4.46. The van der Waals surface area contributed by atoms with Crippen LogP contribution in [0.2, 0.25) is 5.02 Å². The number of para-hydroxylation sites is 1. The number of halogens is 1. The number of ether oxygens (including phenoxy) is 1. The Kier molecular flexibility index (Phi) is 7.80. The summed E-state index contributed by atoms with van der Waals surface area (Å²) in [5, 5.41) is 6.26. The molecule has 0 radical (unpaired) electrons. The van der Waals surface area contributed by atoms with E-state index in [9.17, 15) is 9.59 Å². The molecule has 7 heteroatoms. The Morgan fingerprint density at radius 2 is 1.90 bits per heavy atom. The number of benzene rings is 2. The first-order valence-electron chi connectivity index (χ1n) is 9.56. The first-order chi connectivity index (χ1) is 14.6. The highest BCUT2D eigenvalue weighted by atomic mass is 35.5. The van der Waals surface area contributed by atoms with Gasteiger partial charge in [-0.05, 0) is 48.4 Å². The number of nitrogens with zero attached hydrogens (tertiary/aromatic N) is 1. The summed E-state index contributed by atoms with van der Waals surface area (Å²) in [4.78, 5) is 28.2. The molecule has 0 aliphatic heterocycles. The molecule has 0 unspecified atom stereocenters. The summed E-state index contributed by atoms with van der Waals surface area (Å²) in [6, 6.07) is 18.0. The van der Waals surface area contributed by atoms with Gasteiger partial charge in [0.25, 0.3) is 5.91 Å². The minimum atomic E-state index is -0.234. The number of carbonyl (C=O) groups excluding carboxylic acids is 2. The van der Waals surface area contributed by atoms with Gasteiger partial charge in [0, 0.05) is 31.0 Å². The van der Waals surface area contributed by atoms with Crippen LogP contribution in [-0.2, 0) is 11.3 Å². The molecule has 3 aromatic rings. The van der Waals surface area contributed by atoms with Crippen LogP contribution in [0.15, 0.2) is 73.1 Å². The fourth-order valence-electron chi connectivity index (χ4n) is 2.73. The van der Waals surface area contributed by atoms with Crippen molar-refractivity contribution in [3.8, 4) is 5.75 Å². The molecule has 1 heterocycles. The van der Waals surface area contributed by atoms with Crippen LogP contribution in [0.4, 0.5) is 5.69 Å². The lowest BCUT2D eigenvalue weighted by Gasteiger charge is -2.10. The molecule has 0 fully saturated rings. The van der Waals surface area contributed by atoms with Crippen molar-refractivity contribution < 1.29 is 14.3 Å². The van der Waals surface area contributed by atoms with Gasteiger partial charge in [0.05, 0.1) is 17.2 Å². The Labute approximate surface area is 180 Å². The van der Waals surface area contributed by atoms with E-state index in [1.807, 2.05) is 30.3 Å². The Balaban J connectivity index is 1.41. The maximum Gasteiger partial charge on any atom is 0.257 e. The molecule has 2 amide bonds. The molecule has 6 nitrogen and oxygen atoms in total. The number of hydrogen-bond acceptors (Lipinski definition) is 4. The number of anilines is 1. The van der Waals surface area contributed by atoms with Crippen molar-refractivity contribution in [2.45, 2.75) is 19.4 Å². The topological polar surface area (TPSA) is 80.3 Å². The molecule has 2 N–H and O–H groups in total. The number of carbonyl (C=O) groups is 2. The van der Waals surface area contributed by atoms with E-state index in [0.29, 0.717) is 48.0 Å². The SMILES string of the molecule is O=C(CCCOc1ccccc1Cl)NCc1cccc(NC(=O)c2cccnc2)c1. The summed E-state index contributed by atoms with van der Waals surface area (Å²) in [6.45, 7) is 0.786. The van der Waals surface area contributed by atoms with Gasteiger partial charge in [-0.1, -0.05) is 35.9 Å². The third kappa shape index (κ3) is 6.60. The third-order valence-corrected chi connectivity index (χ3v) is 4.55. The highest BCUT2D eigenvalue weighted by Gasteiger charge is 2.07. The molecule has 1 aromatic heterocycles. The summed E-state index contributed by atoms with van der Waals surface area (Å²) in [5.41, 5.74) is 2.03. The quantitative estimate of drug-likeness (QED) is 0.498. The molecule has 0 saturated carbocycles. The highest BCUT2D eigenvalue weighted by Crippen LogP contribution is 2.23. The summed E-state index contributed by atoms with van der Waals surface area (Å²) < 4.78 is 5.58. The first-order valence-corrected chi connectivity index (χ1v) is 9.94. The average molecular weight is 424 g/mol. The van der Waals surface area contributed by atoms with Gasteiger partial charge in [0.15, 0.2) is 0 Å². The number of rotatable bonds is 9. The minimum absolute atomic E-state index is 0.0671. The van der Waals surface area contributed by atoms with Crippen molar-refractivity contribution in [2.75, 3.05) is 11.9 Å². The predicted molar refractivity (Wildman–Crippen MR) is 117 cm³/mol. The first kappa shape index (κ1) is 21.3. The van der Waals surface area contributed by atoms with Crippen molar-refractivity contribution in [1.82, 2.24) is 10.3 Å². The lowest BCUT2D eigenvalue weighted by Crippen LogP contribution is -2.23. The third-order valence-electron chi connectivity index (χ3n) is 4.24. The zero-order chi connectivity index (χ0) is 21.2. The van der Waals surface area contributed by atoms with Crippen LogP contribution in [0.3, 0.4) is 0 Å². The molecule has 0 aliphatic carbocycles. The van der Waals surface area contributed by atoms with Gasteiger partial charge < -0.3 is 15.4 Å². The molecule has 0 atom stereocenters. The summed E-state index contributed by atoms with van der Waals surface area (Å²) in [5.74, 6) is 0.315. The lowest BCUT2D eigenvalue weighted by atomic mass is 10.2. The van der Waals surface area contributed by atoms with Gasteiger partial charge in [-0.3, -0.25) is 14.6 Å². The number of nitrogens with one attached hydrogen (secondary N) is 2. The van der Waals surface area contributed by atoms with E-state index in [1.165, 1.54) is 6.20 Å². The molecular formula is C23H22ClN3O3. The van der Waals surface area contributed by atoms with Crippen molar-refractivity contribution in [3.63, 3.8) is 0 Å². The Bertz CT molecular complexity index is 996. The van der Waals surface area contributed by atoms with E-state index < -0.39 is 0 Å². The van der Waals surface area contributed by atoms with E-state index in [0.717, 1.165) is 5.56 Å². The number of hydrogen-bond donors (Lipinski definition) is 2. The minimum Gasteiger partial charge on any atom is -0.492 e. The van der Waals surface area contributed by atoms with E-state index in [4.69, 9.17) is 16.3 Å². The Hall–Kier alpha value is -3.38. The zero-order valence-corrected chi connectivity index (χ0v) is 17.1. The van der Waals surface area contributed by atoms with Crippen LogP contribution in [-0.4, -0.2) is 23.4 Å². The van der Waals surface area contributed by atoms with Crippen LogP contribution in [0, 0.1) is 0 Å². The van der Waals surface area contributed by atoms with E-state index in [1.54, 1.807) is 36.5 Å². The maximum atomic E-state index is 12.2. The monoisotopic (exact) mass is 423 g/mol. The highest BCUT2D eigenvalue weighted by molar-refractivity contribution is 6.32. The molecule has 0 saturated heterocycles. The van der Waals surface area contributed by atoms with Gasteiger partial charge in [-0.25, -0.2) is 0 Å². The molecule has 0 spiro atoms. The van der Waals surface area contributed by atoms with Crippen LogP contribution in [0.5, 0.6) is 5.75 Å². The fourth-order valence-corrected chi connectivity index (χ4v) is 2.92. The second-order valence-corrected chi connectivity index (χ2v) is 6.96. The molecule has 0 aliphatic rings. The maximum absolute atomic E-state index is 12.2. The summed E-state index contributed by atoms with van der Waals surface area (Å²) >= 11 is 6.03. The molecule has 0 bridgehead atoms. The molecular weight excluding hydrogens is 402 g/mol. The van der Waals surface area contributed by atoms with Crippen molar-refractivity contribution >= 4 is 29.1 Å². The van der Waals surface area contributed by atoms with Crippen LogP contribution in [0.1, 0.15) is 28.8 Å². The van der Waals surface area contributed by atoms with E-state index in [2.05, 4.69) is 15.6 Å². The smallest absolute Gasteiger partial charge is 0.257 e. The number of amides is 2. The van der Waals surface area contributed by atoms with Crippen molar-refractivity contribution in [3.05, 3.63) is 89.2 Å². The standard InChI is InChI=1S/C23H22ClN3O3/c24-20-9-1-2-10-21(20)30-13-5-11-22(28)26-15-17-6-3-8-19(14-17)27-23(29)18-7-4-12-25-16-18/h1-4,6-10,12,14,16H,5,11,13,15H2,(H,26,28)(H,27,29). The Morgan fingerprint density at radius 3 is 2.70 bits per heavy atom.